The number of sulfonamides is 1. The summed E-state index contributed by atoms with van der Waals surface area (Å²) in [5.74, 6) is -0.915. The van der Waals surface area contributed by atoms with Crippen molar-refractivity contribution in [3.05, 3.63) is 35.9 Å². The highest BCUT2D eigenvalue weighted by Gasteiger charge is 2.63. The van der Waals surface area contributed by atoms with Gasteiger partial charge >= 0.3 is 5.19 Å². The largest absolute Gasteiger partial charge is 0.333 e. The van der Waals surface area contributed by atoms with Crippen LogP contribution in [-0.2, 0) is 14.8 Å². The van der Waals surface area contributed by atoms with Gasteiger partial charge in [-0.25, -0.2) is 13.1 Å². The van der Waals surface area contributed by atoms with Crippen molar-refractivity contribution in [2.75, 3.05) is 0 Å². The van der Waals surface area contributed by atoms with Gasteiger partial charge in [-0.15, -0.1) is 11.6 Å². The lowest BCUT2D eigenvalue weighted by Gasteiger charge is -2.58. The van der Waals surface area contributed by atoms with E-state index in [9.17, 15) is 13.2 Å². The van der Waals surface area contributed by atoms with Gasteiger partial charge in [0.1, 0.15) is 0 Å². The van der Waals surface area contributed by atoms with E-state index in [-0.39, 0.29) is 22.3 Å². The molecule has 0 saturated heterocycles. The smallest absolute Gasteiger partial charge is 0.328 e. The fraction of sp³-hybridized carbons (Fsp3) is 0.667. The first-order valence-corrected chi connectivity index (χ1v) is 12.2. The van der Waals surface area contributed by atoms with Crippen LogP contribution in [-0.4, -0.2) is 30.5 Å². The third-order valence-corrected chi connectivity index (χ3v) is 9.18. The van der Waals surface area contributed by atoms with Gasteiger partial charge in [0.25, 0.3) is 15.9 Å². The normalized spacial score (nSPS) is 37.9. The average molecular weight is 442 g/mol. The summed E-state index contributed by atoms with van der Waals surface area (Å²) in [5.41, 5.74) is 0.160. The predicted molar refractivity (Wildman–Crippen MR) is 106 cm³/mol. The second-order valence-electron chi connectivity index (χ2n) is 9.36. The molecule has 0 heterocycles. The quantitative estimate of drug-likeness (QED) is 0.677. The van der Waals surface area contributed by atoms with E-state index >= 15 is 4.39 Å². The highest BCUT2D eigenvalue weighted by molar-refractivity contribution is 7.91. The van der Waals surface area contributed by atoms with Crippen LogP contribution in [0.5, 0.6) is 0 Å². The molecule has 3 unspecified atom stereocenters. The van der Waals surface area contributed by atoms with E-state index < -0.39 is 33.1 Å². The fourth-order valence-electron chi connectivity index (χ4n) is 5.90. The van der Waals surface area contributed by atoms with Crippen molar-refractivity contribution >= 4 is 27.5 Å². The molecule has 0 spiro atoms. The first kappa shape index (κ1) is 19.8. The van der Waals surface area contributed by atoms with Gasteiger partial charge in [0.15, 0.2) is 0 Å². The molecule has 5 fully saturated rings. The molecule has 4 bridgehead atoms. The Morgan fingerprint density at radius 3 is 2.31 bits per heavy atom. The van der Waals surface area contributed by atoms with Gasteiger partial charge in [-0.05, 0) is 74.8 Å². The van der Waals surface area contributed by atoms with Crippen molar-refractivity contribution in [2.24, 2.45) is 23.7 Å². The summed E-state index contributed by atoms with van der Waals surface area (Å²) in [4.78, 5) is 12.2. The van der Waals surface area contributed by atoms with E-state index in [1.54, 1.807) is 18.2 Å². The minimum absolute atomic E-state index is 0.0765. The van der Waals surface area contributed by atoms with Gasteiger partial charge in [-0.2, -0.15) is 4.39 Å². The van der Waals surface area contributed by atoms with Gasteiger partial charge in [0, 0.05) is 16.4 Å². The topological polar surface area (TPSA) is 72.5 Å². The molecular weight excluding hydrogens is 417 g/mol. The molecule has 29 heavy (non-hydrogen) atoms. The Morgan fingerprint density at radius 2 is 1.76 bits per heavy atom. The number of hydrogen-bond acceptors (Lipinski definition) is 4. The number of hydrogen-bond donors (Lipinski definition) is 1. The lowest BCUT2D eigenvalue weighted by molar-refractivity contribution is -0.205. The van der Waals surface area contributed by atoms with E-state index in [4.69, 9.17) is 16.3 Å². The summed E-state index contributed by atoms with van der Waals surface area (Å²) < 4.78 is 49.8. The number of rotatable bonds is 6. The highest BCUT2D eigenvalue weighted by Crippen LogP contribution is 2.60. The van der Waals surface area contributed by atoms with Gasteiger partial charge in [0.2, 0.25) is 0 Å². The maximum Gasteiger partial charge on any atom is 0.333 e. The molecule has 5 aliphatic carbocycles. The first-order chi connectivity index (χ1) is 13.7. The maximum atomic E-state index is 16.1. The lowest BCUT2D eigenvalue weighted by Crippen LogP contribution is -2.59. The Morgan fingerprint density at radius 1 is 1.14 bits per heavy atom. The molecule has 0 aliphatic heterocycles. The zero-order valence-corrected chi connectivity index (χ0v) is 17.6. The second-order valence-corrected chi connectivity index (χ2v) is 11.9. The van der Waals surface area contributed by atoms with Gasteiger partial charge in [-0.1, -0.05) is 18.2 Å². The van der Waals surface area contributed by atoms with Crippen LogP contribution in [0.4, 0.5) is 4.39 Å². The number of amides is 1. The number of carbonyl (C=O) groups excluding carboxylic acids is 1. The molecular formula is C21H25ClFNO4S. The molecule has 1 amide bonds. The number of nitrogens with one attached hydrogen (secondary N) is 1. The number of alkyl halides is 2. The SMILES string of the molecule is O=C(NS(=O)(=O)C(F)(OC1C2CC3CC1CC(Cl)(C3)C2)C1CC1)c1ccccc1. The molecule has 158 valence electrons. The van der Waals surface area contributed by atoms with E-state index in [1.165, 1.54) is 12.1 Å². The van der Waals surface area contributed by atoms with Crippen LogP contribution in [0.2, 0.25) is 0 Å². The van der Waals surface area contributed by atoms with E-state index in [2.05, 4.69) is 0 Å². The highest BCUT2D eigenvalue weighted by atomic mass is 35.5. The summed E-state index contributed by atoms with van der Waals surface area (Å²) in [6.07, 6.45) is 4.69. The molecule has 0 aromatic heterocycles. The van der Waals surface area contributed by atoms with Crippen molar-refractivity contribution in [2.45, 2.75) is 61.1 Å². The number of carbonyl (C=O) groups is 1. The minimum Gasteiger partial charge on any atom is -0.328 e. The third kappa shape index (κ3) is 3.39. The van der Waals surface area contributed by atoms with Crippen LogP contribution in [0.25, 0.3) is 0 Å². The van der Waals surface area contributed by atoms with Crippen LogP contribution in [0.1, 0.15) is 55.3 Å². The van der Waals surface area contributed by atoms with Crippen LogP contribution < -0.4 is 4.72 Å². The number of benzene rings is 1. The zero-order chi connectivity index (χ0) is 20.4. The summed E-state index contributed by atoms with van der Waals surface area (Å²) in [6.45, 7) is 0. The van der Waals surface area contributed by atoms with Crippen molar-refractivity contribution in [3.63, 3.8) is 0 Å². The molecule has 3 atom stereocenters. The summed E-state index contributed by atoms with van der Waals surface area (Å²) in [6, 6.07) is 7.94. The minimum atomic E-state index is -4.68. The van der Waals surface area contributed by atoms with Crippen molar-refractivity contribution in [1.82, 2.24) is 4.72 Å². The van der Waals surface area contributed by atoms with Gasteiger partial charge < -0.3 is 4.74 Å². The fourth-order valence-corrected chi connectivity index (χ4v) is 7.93. The standard InChI is InChI=1S/C21H25ClFNO4S/c22-20-10-13-8-15(11-20)18(16(9-13)12-20)28-21(23,17-6-7-17)29(26,27)24-19(25)14-4-2-1-3-5-14/h1-5,13,15-18H,6-12H2,(H,24,25). The molecule has 1 aromatic rings. The lowest BCUT2D eigenvalue weighted by atomic mass is 9.54. The molecule has 5 aliphatic rings. The third-order valence-electron chi connectivity index (χ3n) is 7.10. The molecule has 1 N–H and O–H groups in total. The molecule has 5 nitrogen and oxygen atoms in total. The molecule has 5 saturated carbocycles. The van der Waals surface area contributed by atoms with E-state index in [0.29, 0.717) is 18.8 Å². The first-order valence-electron chi connectivity index (χ1n) is 10.4. The Labute approximate surface area is 175 Å². The van der Waals surface area contributed by atoms with Crippen molar-refractivity contribution in [3.8, 4) is 0 Å². The van der Waals surface area contributed by atoms with Crippen molar-refractivity contribution < 1.29 is 22.3 Å². The average Bonchev–Trinajstić information content (AvgIpc) is 3.49. The van der Waals surface area contributed by atoms with E-state index in [1.807, 2.05) is 4.72 Å². The Bertz CT molecular complexity index is 906. The maximum absolute atomic E-state index is 16.1. The number of halogens is 2. The van der Waals surface area contributed by atoms with E-state index in [0.717, 1.165) is 32.1 Å². The van der Waals surface area contributed by atoms with Crippen LogP contribution >= 0.6 is 11.6 Å². The van der Waals surface area contributed by atoms with Crippen molar-refractivity contribution in [1.29, 1.82) is 0 Å². The Hall–Kier alpha value is -1.18. The van der Waals surface area contributed by atoms with Gasteiger partial charge in [-0.3, -0.25) is 4.79 Å². The van der Waals surface area contributed by atoms with Crippen LogP contribution in [0.3, 0.4) is 0 Å². The van der Waals surface area contributed by atoms with Crippen LogP contribution in [0, 0.1) is 23.7 Å². The Balaban J connectivity index is 1.38. The number of ether oxygens (including phenoxy) is 1. The molecule has 6 rings (SSSR count). The molecule has 8 heteroatoms. The molecule has 0 radical (unpaired) electrons. The molecule has 1 aromatic carbocycles. The predicted octanol–water partition coefficient (Wildman–Crippen LogP) is 3.98. The zero-order valence-electron chi connectivity index (χ0n) is 16.0. The summed E-state index contributed by atoms with van der Waals surface area (Å²) in [7, 11) is -4.68. The van der Waals surface area contributed by atoms with Crippen LogP contribution in [0.15, 0.2) is 30.3 Å². The second kappa shape index (κ2) is 6.66. The van der Waals surface area contributed by atoms with Gasteiger partial charge in [0.05, 0.1) is 6.10 Å². The summed E-state index contributed by atoms with van der Waals surface area (Å²) >= 11 is 6.74. The monoisotopic (exact) mass is 441 g/mol. The Kier molecular flexibility index (Phi) is 4.54. The summed E-state index contributed by atoms with van der Waals surface area (Å²) in [5, 5.41) is -2.89.